The van der Waals surface area contributed by atoms with Gasteiger partial charge in [-0.25, -0.2) is 0 Å². The molecule has 0 spiro atoms. The normalized spacial score (nSPS) is 29.6. The van der Waals surface area contributed by atoms with Gasteiger partial charge in [0, 0.05) is 13.0 Å². The molecule has 0 radical (unpaired) electrons. The number of fused-ring (bicyclic) bond motifs is 1. The molecular weight excluding hydrogens is 238 g/mol. The van der Waals surface area contributed by atoms with Gasteiger partial charge >= 0.3 is 0 Å². The Hall–Kier alpha value is -0.900. The van der Waals surface area contributed by atoms with E-state index in [0.29, 0.717) is 12.1 Å². The quantitative estimate of drug-likeness (QED) is 0.883. The minimum absolute atomic E-state index is 0.251. The third kappa shape index (κ3) is 2.83. The molecule has 19 heavy (non-hydrogen) atoms. The number of ether oxygens (including phenoxy) is 2. The predicted octanol–water partition coefficient (Wildman–Crippen LogP) is 2.46. The summed E-state index contributed by atoms with van der Waals surface area (Å²) >= 11 is 0. The molecule has 104 valence electrons. The summed E-state index contributed by atoms with van der Waals surface area (Å²) in [6.07, 6.45) is 3.90. The maximum absolute atomic E-state index is 6.15. The minimum Gasteiger partial charge on any atom is -0.376 e. The van der Waals surface area contributed by atoms with Crippen molar-refractivity contribution in [2.24, 2.45) is 0 Å². The lowest BCUT2D eigenvalue weighted by molar-refractivity contribution is -0.0291. The van der Waals surface area contributed by atoms with Crippen molar-refractivity contribution in [1.29, 1.82) is 0 Å². The first-order valence-corrected chi connectivity index (χ1v) is 7.43. The van der Waals surface area contributed by atoms with Gasteiger partial charge in [0.25, 0.3) is 0 Å². The molecule has 1 fully saturated rings. The number of hydrogen-bond donors (Lipinski definition) is 1. The molecule has 0 aromatic heterocycles. The van der Waals surface area contributed by atoms with Gasteiger partial charge in [-0.05, 0) is 30.5 Å². The highest BCUT2D eigenvalue weighted by Gasteiger charge is 2.33. The lowest BCUT2D eigenvalue weighted by atomic mass is 10.1. The summed E-state index contributed by atoms with van der Waals surface area (Å²) in [5.74, 6) is 0. The number of benzene rings is 1. The maximum atomic E-state index is 6.15. The van der Waals surface area contributed by atoms with Gasteiger partial charge in [-0.15, -0.1) is 0 Å². The van der Waals surface area contributed by atoms with E-state index in [0.717, 1.165) is 32.6 Å². The first kappa shape index (κ1) is 13.1. The van der Waals surface area contributed by atoms with Crippen LogP contribution < -0.4 is 5.32 Å². The average Bonchev–Trinajstić information content (AvgIpc) is 3.05. The standard InChI is InChI=1S/C16H23NO2/c1-2-17-16-14-8-4-3-6-12(14)10-15(16)19-11-13-7-5-9-18-13/h3-4,6,8,13,15-17H,2,5,7,9-11H2,1H3. The van der Waals surface area contributed by atoms with Crippen LogP contribution in [0.15, 0.2) is 24.3 Å². The van der Waals surface area contributed by atoms with Crippen LogP contribution in [-0.2, 0) is 15.9 Å². The van der Waals surface area contributed by atoms with Crippen molar-refractivity contribution in [2.45, 2.75) is 44.4 Å². The zero-order chi connectivity index (χ0) is 13.1. The van der Waals surface area contributed by atoms with Crippen LogP contribution in [0.4, 0.5) is 0 Å². The topological polar surface area (TPSA) is 30.5 Å². The van der Waals surface area contributed by atoms with Crippen LogP contribution in [0.25, 0.3) is 0 Å². The molecule has 0 bridgehead atoms. The Bertz CT molecular complexity index is 415. The summed E-state index contributed by atoms with van der Waals surface area (Å²) in [6, 6.07) is 9.01. The Kier molecular flexibility index (Phi) is 4.16. The Morgan fingerprint density at radius 3 is 3.05 bits per heavy atom. The van der Waals surface area contributed by atoms with E-state index in [2.05, 4.69) is 36.5 Å². The summed E-state index contributed by atoms with van der Waals surface area (Å²) in [5.41, 5.74) is 2.83. The fourth-order valence-electron chi connectivity index (χ4n) is 3.18. The summed E-state index contributed by atoms with van der Waals surface area (Å²) < 4.78 is 11.8. The summed E-state index contributed by atoms with van der Waals surface area (Å²) in [5, 5.41) is 3.56. The van der Waals surface area contributed by atoms with Gasteiger partial charge < -0.3 is 14.8 Å². The Morgan fingerprint density at radius 2 is 2.26 bits per heavy atom. The smallest absolute Gasteiger partial charge is 0.0811 e. The second-order valence-electron chi connectivity index (χ2n) is 5.45. The Balaban J connectivity index is 1.64. The van der Waals surface area contributed by atoms with Crippen LogP contribution in [0.1, 0.15) is 36.9 Å². The molecule has 1 N–H and O–H groups in total. The summed E-state index contributed by atoms with van der Waals surface area (Å²) in [4.78, 5) is 0. The fraction of sp³-hybridized carbons (Fsp3) is 0.625. The third-order valence-electron chi connectivity index (χ3n) is 4.13. The molecule has 1 aromatic rings. The lowest BCUT2D eigenvalue weighted by Gasteiger charge is -2.23. The van der Waals surface area contributed by atoms with Crippen molar-refractivity contribution >= 4 is 0 Å². The Morgan fingerprint density at radius 1 is 1.37 bits per heavy atom. The van der Waals surface area contributed by atoms with Crippen molar-refractivity contribution in [3.05, 3.63) is 35.4 Å². The maximum Gasteiger partial charge on any atom is 0.0811 e. The zero-order valence-electron chi connectivity index (χ0n) is 11.6. The van der Waals surface area contributed by atoms with Gasteiger partial charge in [-0.2, -0.15) is 0 Å². The highest BCUT2D eigenvalue weighted by molar-refractivity contribution is 5.36. The van der Waals surface area contributed by atoms with Crippen LogP contribution in [0, 0.1) is 0 Å². The van der Waals surface area contributed by atoms with E-state index in [1.165, 1.54) is 17.5 Å². The van der Waals surface area contributed by atoms with Gasteiger partial charge in [0.2, 0.25) is 0 Å². The number of likely N-dealkylation sites (N-methyl/N-ethyl adjacent to an activating group) is 1. The highest BCUT2D eigenvalue weighted by Crippen LogP contribution is 2.33. The van der Waals surface area contributed by atoms with Gasteiger partial charge in [-0.1, -0.05) is 31.2 Å². The number of nitrogens with one attached hydrogen (secondary N) is 1. The number of rotatable bonds is 5. The molecule has 3 nitrogen and oxygen atoms in total. The molecule has 3 unspecified atom stereocenters. The first-order valence-electron chi connectivity index (χ1n) is 7.43. The monoisotopic (exact) mass is 261 g/mol. The van der Waals surface area contributed by atoms with E-state index >= 15 is 0 Å². The van der Waals surface area contributed by atoms with E-state index in [1.54, 1.807) is 0 Å². The van der Waals surface area contributed by atoms with Crippen LogP contribution >= 0.6 is 0 Å². The van der Waals surface area contributed by atoms with E-state index in [9.17, 15) is 0 Å². The van der Waals surface area contributed by atoms with E-state index < -0.39 is 0 Å². The fourth-order valence-corrected chi connectivity index (χ4v) is 3.18. The molecule has 2 aliphatic rings. The van der Waals surface area contributed by atoms with Gasteiger partial charge in [0.05, 0.1) is 24.9 Å². The van der Waals surface area contributed by atoms with Crippen molar-refractivity contribution in [3.63, 3.8) is 0 Å². The SMILES string of the molecule is CCNC1c2ccccc2CC1OCC1CCCO1. The molecule has 3 heteroatoms. The molecule has 0 amide bonds. The van der Waals surface area contributed by atoms with Gasteiger partial charge in [-0.3, -0.25) is 0 Å². The van der Waals surface area contributed by atoms with Crippen LogP contribution in [-0.4, -0.2) is 32.0 Å². The number of hydrogen-bond acceptors (Lipinski definition) is 3. The molecule has 1 saturated heterocycles. The minimum atomic E-state index is 0.251. The molecule has 1 heterocycles. The van der Waals surface area contributed by atoms with Crippen molar-refractivity contribution < 1.29 is 9.47 Å². The van der Waals surface area contributed by atoms with Crippen LogP contribution in [0.5, 0.6) is 0 Å². The molecule has 3 rings (SSSR count). The largest absolute Gasteiger partial charge is 0.376 e. The highest BCUT2D eigenvalue weighted by atomic mass is 16.5. The van der Waals surface area contributed by atoms with Crippen molar-refractivity contribution in [2.75, 3.05) is 19.8 Å². The van der Waals surface area contributed by atoms with Gasteiger partial charge in [0.15, 0.2) is 0 Å². The lowest BCUT2D eigenvalue weighted by Crippen LogP contribution is -2.32. The molecular formula is C16H23NO2. The molecule has 0 saturated carbocycles. The molecule has 1 aliphatic carbocycles. The molecule has 1 aliphatic heterocycles. The van der Waals surface area contributed by atoms with Crippen LogP contribution in [0.3, 0.4) is 0 Å². The second-order valence-corrected chi connectivity index (χ2v) is 5.45. The average molecular weight is 261 g/mol. The van der Waals surface area contributed by atoms with E-state index in [4.69, 9.17) is 9.47 Å². The predicted molar refractivity (Wildman–Crippen MR) is 75.3 cm³/mol. The van der Waals surface area contributed by atoms with Crippen molar-refractivity contribution in [3.8, 4) is 0 Å². The first-order chi connectivity index (χ1) is 9.38. The summed E-state index contributed by atoms with van der Waals surface area (Å²) in [6.45, 7) is 4.76. The molecule has 3 atom stereocenters. The summed E-state index contributed by atoms with van der Waals surface area (Å²) in [7, 11) is 0. The Labute approximate surface area is 115 Å². The van der Waals surface area contributed by atoms with E-state index in [-0.39, 0.29) is 6.10 Å². The van der Waals surface area contributed by atoms with Crippen LogP contribution in [0.2, 0.25) is 0 Å². The van der Waals surface area contributed by atoms with Crippen molar-refractivity contribution in [1.82, 2.24) is 5.32 Å². The third-order valence-corrected chi connectivity index (χ3v) is 4.13. The second kappa shape index (κ2) is 6.04. The van der Waals surface area contributed by atoms with Gasteiger partial charge in [0.1, 0.15) is 0 Å². The zero-order valence-corrected chi connectivity index (χ0v) is 11.6. The molecule has 1 aromatic carbocycles. The van der Waals surface area contributed by atoms with E-state index in [1.807, 2.05) is 0 Å².